The first-order valence-electron chi connectivity index (χ1n) is 14.5. The summed E-state index contributed by atoms with van der Waals surface area (Å²) in [6, 6.07) is 4.36. The zero-order valence-corrected chi connectivity index (χ0v) is 27.5. The molecule has 2 rings (SSSR count). The molecular formula is C30H53F2N5O9. The van der Waals surface area contributed by atoms with Crippen LogP contribution in [0.3, 0.4) is 0 Å². The van der Waals surface area contributed by atoms with Crippen molar-refractivity contribution in [2.24, 2.45) is 17.4 Å². The van der Waals surface area contributed by atoms with Gasteiger partial charge in [0.1, 0.15) is 18.4 Å². The highest BCUT2D eigenvalue weighted by molar-refractivity contribution is 5.76. The van der Waals surface area contributed by atoms with E-state index in [2.05, 4.69) is 47.8 Å². The number of nitrogens with two attached hydrogens (primary N) is 2. The monoisotopic (exact) mass is 665 g/mol. The number of hydrogen-bond donors (Lipinski definition) is 6. The van der Waals surface area contributed by atoms with Crippen LogP contribution in [0.2, 0.25) is 0 Å². The van der Waals surface area contributed by atoms with Gasteiger partial charge in [-0.05, 0) is 69.6 Å². The Labute approximate surface area is 270 Å². The van der Waals surface area contributed by atoms with Crippen LogP contribution in [-0.2, 0) is 33.7 Å². The number of aliphatic carboxylic acids is 1. The minimum atomic E-state index is -1.20. The lowest BCUT2D eigenvalue weighted by Crippen LogP contribution is -2.31. The third-order valence-corrected chi connectivity index (χ3v) is 5.07. The molecule has 1 aromatic rings. The number of halogens is 2. The summed E-state index contributed by atoms with van der Waals surface area (Å²) in [6.45, 7) is 11.0. The van der Waals surface area contributed by atoms with Crippen molar-refractivity contribution in [1.29, 1.82) is 0 Å². The van der Waals surface area contributed by atoms with Crippen LogP contribution in [0.5, 0.6) is 0 Å². The Morgan fingerprint density at radius 3 is 1.80 bits per heavy atom. The molecule has 1 unspecified atom stereocenters. The van der Waals surface area contributed by atoms with Gasteiger partial charge in [-0.3, -0.25) is 28.9 Å². The zero-order chi connectivity index (χ0) is 36.6. The quantitative estimate of drug-likeness (QED) is 0.132. The lowest BCUT2D eigenvalue weighted by Gasteiger charge is -2.03. The van der Waals surface area contributed by atoms with Gasteiger partial charge < -0.3 is 37.3 Å². The molecule has 1 aliphatic heterocycles. The summed E-state index contributed by atoms with van der Waals surface area (Å²) in [5, 5.41) is 15.7. The number of amides is 3. The molecule has 1 heterocycles. The highest BCUT2D eigenvalue weighted by atomic mass is 19.3. The molecule has 266 valence electrons. The number of nitrogens with one attached hydrogen (secondary N) is 3. The van der Waals surface area contributed by atoms with Gasteiger partial charge in [-0.2, -0.15) is 0 Å². The van der Waals surface area contributed by atoms with Crippen LogP contribution < -0.4 is 27.4 Å². The van der Waals surface area contributed by atoms with Gasteiger partial charge in [-0.15, -0.1) is 0 Å². The molecule has 0 spiro atoms. The van der Waals surface area contributed by atoms with Crippen molar-refractivity contribution in [2.45, 2.75) is 78.7 Å². The highest BCUT2D eigenvalue weighted by Crippen LogP contribution is 2.03. The summed E-state index contributed by atoms with van der Waals surface area (Å²) >= 11 is 0. The summed E-state index contributed by atoms with van der Waals surface area (Å²) in [7, 11) is 1.50. The lowest BCUT2D eigenvalue weighted by atomic mass is 10.1. The largest absolute Gasteiger partial charge is 0.481 e. The number of carboxylic acids is 1. The van der Waals surface area contributed by atoms with Gasteiger partial charge >= 0.3 is 11.9 Å². The number of carbonyl (C=O) groups is 7. The minimum Gasteiger partial charge on any atom is -0.481 e. The number of benzene rings is 1. The standard InChI is InChI=1S/C7H5FO.C6H14.C5H6FNO4.C5H9NO3.C4H9N.C2H5NO.CH5N/c8-7-3-1-6(5-9)2-4-7;1-4-6(3)5-2;6-11-5(10)1-4(2-8)7-3-9;7-4-6-3-1-2-5(8)9;1-2-4-5-3-1;1-2(3)4;1-2/h1-5H;6H,4-5H2,1-3H3;2-4H,1H2,(H,7,9);4H,1-3H2,(H,6,7)(H,8,9);5H,1-4H2;1H3,(H2,3,4);2H2,1H3. The van der Waals surface area contributed by atoms with Crippen LogP contribution in [0.25, 0.3) is 0 Å². The Balaban J connectivity index is -0.000000148. The molecule has 1 saturated heterocycles. The summed E-state index contributed by atoms with van der Waals surface area (Å²) in [6.07, 6.45) is 7.33. The Morgan fingerprint density at radius 1 is 1.02 bits per heavy atom. The van der Waals surface area contributed by atoms with Crippen LogP contribution in [0, 0.1) is 11.7 Å². The average Bonchev–Trinajstić information content (AvgIpc) is 3.65. The number of hydrogen-bond acceptors (Lipinski definition) is 10. The first-order valence-corrected chi connectivity index (χ1v) is 14.5. The maximum atomic E-state index is 12.1. The molecule has 0 radical (unpaired) electrons. The molecule has 1 aliphatic rings. The Hall–Kier alpha value is -4.31. The van der Waals surface area contributed by atoms with Gasteiger partial charge in [0.05, 0.1) is 12.5 Å². The minimum absolute atomic E-state index is 0.112. The first-order chi connectivity index (χ1) is 21.9. The van der Waals surface area contributed by atoms with E-state index in [1.54, 1.807) is 0 Å². The number of carboxylic acid groups (broad SMARTS) is 1. The van der Waals surface area contributed by atoms with Crippen molar-refractivity contribution in [3.05, 3.63) is 35.6 Å². The SMILES string of the molecule is C1CCNC1.CC(N)=O.CCC(C)CC.CN.O=CNC(C=O)CC(=O)OF.O=CNCCCC(=O)O.O=Cc1ccc(F)cc1. The second-order valence-electron chi connectivity index (χ2n) is 8.91. The van der Waals surface area contributed by atoms with Crippen molar-refractivity contribution in [3.8, 4) is 0 Å². The van der Waals surface area contributed by atoms with Crippen LogP contribution in [0.4, 0.5) is 8.92 Å². The van der Waals surface area contributed by atoms with E-state index in [1.807, 2.05) is 5.32 Å². The third kappa shape index (κ3) is 52.3. The number of carbonyl (C=O) groups excluding carboxylic acids is 6. The molecular weight excluding hydrogens is 612 g/mol. The van der Waals surface area contributed by atoms with E-state index in [1.165, 1.54) is 77.0 Å². The molecule has 1 aromatic carbocycles. The second kappa shape index (κ2) is 42.8. The van der Waals surface area contributed by atoms with E-state index in [9.17, 15) is 42.5 Å². The molecule has 0 aromatic heterocycles. The predicted molar refractivity (Wildman–Crippen MR) is 170 cm³/mol. The second-order valence-corrected chi connectivity index (χ2v) is 8.91. The fraction of sp³-hybridized carbons (Fsp3) is 0.567. The molecule has 3 amide bonds. The van der Waals surface area contributed by atoms with Gasteiger partial charge in [0.15, 0.2) is 0 Å². The van der Waals surface area contributed by atoms with Gasteiger partial charge in [-0.25, -0.2) is 9.18 Å². The van der Waals surface area contributed by atoms with Crippen LogP contribution in [-0.4, -0.2) is 81.1 Å². The van der Waals surface area contributed by atoms with E-state index in [4.69, 9.17) is 5.11 Å². The molecule has 0 bridgehead atoms. The van der Waals surface area contributed by atoms with Crippen molar-refractivity contribution in [1.82, 2.24) is 16.0 Å². The molecule has 14 nitrogen and oxygen atoms in total. The van der Waals surface area contributed by atoms with E-state index >= 15 is 0 Å². The Morgan fingerprint density at radius 2 is 1.52 bits per heavy atom. The lowest BCUT2D eigenvalue weighted by molar-refractivity contribution is -0.184. The summed E-state index contributed by atoms with van der Waals surface area (Å²) in [5.41, 5.74) is 9.47. The van der Waals surface area contributed by atoms with E-state index in [0.29, 0.717) is 37.5 Å². The Kier molecular flexibility index (Phi) is 47.7. The van der Waals surface area contributed by atoms with Gasteiger partial charge in [0, 0.05) is 30.0 Å². The maximum Gasteiger partial charge on any atom is 0.351 e. The van der Waals surface area contributed by atoms with Gasteiger partial charge in [0.2, 0.25) is 18.7 Å². The van der Waals surface area contributed by atoms with Crippen LogP contribution in [0.15, 0.2) is 24.3 Å². The third-order valence-electron chi connectivity index (χ3n) is 5.07. The number of aldehydes is 2. The predicted octanol–water partition coefficient (Wildman–Crippen LogP) is 2.23. The van der Waals surface area contributed by atoms with Crippen molar-refractivity contribution >= 4 is 43.2 Å². The van der Waals surface area contributed by atoms with Gasteiger partial charge in [0.25, 0.3) is 0 Å². The molecule has 0 saturated carbocycles. The first kappa shape index (κ1) is 51.3. The fourth-order valence-corrected chi connectivity index (χ4v) is 2.30. The molecule has 46 heavy (non-hydrogen) atoms. The molecule has 1 fully saturated rings. The summed E-state index contributed by atoms with van der Waals surface area (Å²) < 4.78 is 23.1. The van der Waals surface area contributed by atoms with Crippen molar-refractivity contribution in [3.63, 3.8) is 0 Å². The van der Waals surface area contributed by atoms with Crippen LogP contribution >= 0.6 is 0 Å². The zero-order valence-electron chi connectivity index (χ0n) is 27.5. The van der Waals surface area contributed by atoms with Crippen LogP contribution in [0.1, 0.15) is 83.0 Å². The van der Waals surface area contributed by atoms with Gasteiger partial charge in [-0.1, -0.05) is 33.6 Å². The topological polar surface area (TPSA) is 237 Å². The van der Waals surface area contributed by atoms with Crippen molar-refractivity contribution in [2.75, 3.05) is 26.7 Å². The maximum absolute atomic E-state index is 12.1. The molecule has 16 heteroatoms. The number of rotatable bonds is 13. The summed E-state index contributed by atoms with van der Waals surface area (Å²) in [5.74, 6) is -1.75. The molecule has 0 aliphatic carbocycles. The molecule has 1 atom stereocenters. The molecule has 8 N–H and O–H groups in total. The normalized spacial score (nSPS) is 10.7. The van der Waals surface area contributed by atoms with Crippen molar-refractivity contribution < 1.29 is 52.5 Å². The fourth-order valence-electron chi connectivity index (χ4n) is 2.30. The Bertz CT molecular complexity index is 876. The smallest absolute Gasteiger partial charge is 0.351 e. The van der Waals surface area contributed by atoms with E-state index in [-0.39, 0.29) is 24.6 Å². The highest BCUT2D eigenvalue weighted by Gasteiger charge is 2.13. The van der Waals surface area contributed by atoms with E-state index in [0.717, 1.165) is 5.92 Å². The summed E-state index contributed by atoms with van der Waals surface area (Å²) in [4.78, 5) is 71.3. The number of primary amides is 1. The average molecular weight is 666 g/mol. The van der Waals surface area contributed by atoms with E-state index < -0.39 is 24.4 Å².